The minimum Gasteiger partial charge on any atom is -0.480 e. The molecule has 32 heavy (non-hydrogen) atoms. The Morgan fingerprint density at radius 3 is 2.38 bits per heavy atom. The lowest BCUT2D eigenvalue weighted by molar-refractivity contribution is -0.325. The predicted molar refractivity (Wildman–Crippen MR) is 100.0 cm³/mol. The Morgan fingerprint density at radius 2 is 1.84 bits per heavy atom. The predicted octanol–water partition coefficient (Wildman–Crippen LogP) is -4.01. The number of aliphatic carboxylic acids is 1. The van der Waals surface area contributed by atoms with Gasteiger partial charge in [-0.05, 0) is 26.2 Å². The molecule has 0 spiro atoms. The number of carboxylic acid groups (broad SMARTS) is 1. The molecule has 2 amide bonds. The Labute approximate surface area is 181 Å². The Hall–Kier alpha value is -2.01. The summed E-state index contributed by atoms with van der Waals surface area (Å²) in [6.07, 6.45) is -8.44. The molecule has 1 heterocycles. The summed E-state index contributed by atoms with van der Waals surface area (Å²) in [4.78, 5) is 34.3. The van der Waals surface area contributed by atoms with Crippen LogP contribution >= 0.6 is 0 Å². The Kier molecular flexibility index (Phi) is 9.83. The summed E-state index contributed by atoms with van der Waals surface area (Å²) >= 11 is 0. The zero-order valence-electron chi connectivity index (χ0n) is 17.1. The third-order valence-electron chi connectivity index (χ3n) is 4.97. The van der Waals surface area contributed by atoms with Gasteiger partial charge in [-0.15, -0.1) is 0 Å². The zero-order chi connectivity index (χ0) is 24.9. The third kappa shape index (κ3) is 6.06. The molecular weight excluding hydrogens is 444 g/mol. The molecule has 13 nitrogen and oxygen atoms in total. The first kappa shape index (κ1) is 28.0. The normalized spacial score (nSPS) is 28.6. The highest BCUT2D eigenvalue weighted by Gasteiger charge is 2.71. The maximum Gasteiger partial charge on any atom is 0.379 e. The van der Waals surface area contributed by atoms with E-state index in [0.29, 0.717) is 0 Å². The molecule has 186 valence electrons. The molecule has 0 bridgehead atoms. The Morgan fingerprint density at radius 1 is 1.25 bits per heavy atom. The SMILES string of the molecule is C[C@H](NC(=O)[C@@H](N)CCCCNC(=O)C(F)(F)[C@]1(O)O[C@H]([C@H](O)CO)C(O)C1O)C(=O)O. The monoisotopic (exact) mass is 473 g/mol. The fourth-order valence-electron chi connectivity index (χ4n) is 2.91. The first-order chi connectivity index (χ1) is 14.7. The van der Waals surface area contributed by atoms with Crippen LogP contribution in [0.1, 0.15) is 26.2 Å². The quantitative estimate of drug-likeness (QED) is 0.124. The van der Waals surface area contributed by atoms with Gasteiger partial charge in [-0.2, -0.15) is 8.78 Å². The number of rotatable bonds is 12. The molecule has 1 saturated heterocycles. The molecule has 0 aromatic rings. The first-order valence-corrected chi connectivity index (χ1v) is 9.70. The molecule has 0 aromatic heterocycles. The van der Waals surface area contributed by atoms with Gasteiger partial charge in [0.05, 0.1) is 12.6 Å². The van der Waals surface area contributed by atoms with Crippen LogP contribution in [0.25, 0.3) is 0 Å². The van der Waals surface area contributed by atoms with E-state index in [1.165, 1.54) is 6.92 Å². The van der Waals surface area contributed by atoms with Crippen molar-refractivity contribution in [2.24, 2.45) is 5.73 Å². The van der Waals surface area contributed by atoms with Crippen LogP contribution in [-0.2, 0) is 19.1 Å². The number of ether oxygens (including phenoxy) is 1. The van der Waals surface area contributed by atoms with E-state index in [1.807, 2.05) is 5.32 Å². The van der Waals surface area contributed by atoms with E-state index in [9.17, 15) is 43.6 Å². The third-order valence-corrected chi connectivity index (χ3v) is 4.97. The fourth-order valence-corrected chi connectivity index (χ4v) is 2.91. The van der Waals surface area contributed by atoms with Crippen LogP contribution in [0.3, 0.4) is 0 Å². The number of nitrogens with one attached hydrogen (secondary N) is 2. The fraction of sp³-hybridized carbons (Fsp3) is 0.824. The van der Waals surface area contributed by atoms with Gasteiger partial charge in [-0.25, -0.2) is 0 Å². The molecule has 1 aliphatic heterocycles. The van der Waals surface area contributed by atoms with Gasteiger partial charge in [0.25, 0.3) is 11.7 Å². The minimum atomic E-state index is -4.75. The van der Waals surface area contributed by atoms with Crippen molar-refractivity contribution in [3.63, 3.8) is 0 Å². The summed E-state index contributed by atoms with van der Waals surface area (Å²) in [5.74, 6) is -12.6. The molecule has 10 N–H and O–H groups in total. The lowest BCUT2D eigenvalue weighted by Gasteiger charge is -2.33. The first-order valence-electron chi connectivity index (χ1n) is 9.70. The number of nitrogens with two attached hydrogens (primary N) is 1. The van der Waals surface area contributed by atoms with Crippen LogP contribution < -0.4 is 16.4 Å². The lowest BCUT2D eigenvalue weighted by atomic mass is 9.97. The zero-order valence-corrected chi connectivity index (χ0v) is 17.1. The highest BCUT2D eigenvalue weighted by molar-refractivity contribution is 5.86. The number of amides is 2. The molecule has 1 fully saturated rings. The van der Waals surface area contributed by atoms with E-state index >= 15 is 0 Å². The summed E-state index contributed by atoms with van der Waals surface area (Å²) < 4.78 is 33.4. The van der Waals surface area contributed by atoms with Crippen LogP contribution in [0.5, 0.6) is 0 Å². The summed E-state index contributed by atoms with van der Waals surface area (Å²) in [6, 6.07) is -2.21. The van der Waals surface area contributed by atoms with Crippen molar-refractivity contribution < 1.29 is 58.5 Å². The average Bonchev–Trinajstić information content (AvgIpc) is 2.97. The van der Waals surface area contributed by atoms with E-state index < -0.39 is 72.6 Å². The number of hydrogen-bond donors (Lipinski definition) is 9. The number of aliphatic hydroxyl groups excluding tert-OH is 4. The van der Waals surface area contributed by atoms with Gasteiger partial charge in [-0.3, -0.25) is 14.4 Å². The van der Waals surface area contributed by atoms with E-state index in [0.717, 1.165) is 0 Å². The van der Waals surface area contributed by atoms with Crippen molar-refractivity contribution in [3.8, 4) is 0 Å². The summed E-state index contributed by atoms with van der Waals surface area (Å²) in [6.45, 7) is -0.128. The van der Waals surface area contributed by atoms with Gasteiger partial charge in [0.15, 0.2) is 0 Å². The van der Waals surface area contributed by atoms with Crippen molar-refractivity contribution >= 4 is 17.8 Å². The molecule has 1 rings (SSSR count). The second-order valence-corrected chi connectivity index (χ2v) is 7.47. The summed E-state index contributed by atoms with van der Waals surface area (Å²) in [5, 5.41) is 60.6. The number of unbranched alkanes of at least 4 members (excludes halogenated alkanes) is 1. The smallest absolute Gasteiger partial charge is 0.379 e. The van der Waals surface area contributed by atoms with E-state index in [1.54, 1.807) is 0 Å². The second kappa shape index (κ2) is 11.2. The highest BCUT2D eigenvalue weighted by Crippen LogP contribution is 2.42. The molecule has 7 atom stereocenters. The number of carboxylic acids is 1. The van der Waals surface area contributed by atoms with Crippen LogP contribution in [0, 0.1) is 0 Å². The largest absolute Gasteiger partial charge is 0.480 e. The Bertz CT molecular complexity index is 685. The van der Waals surface area contributed by atoms with Crippen molar-refractivity contribution in [2.45, 2.75) is 74.4 Å². The van der Waals surface area contributed by atoms with Gasteiger partial charge >= 0.3 is 11.9 Å². The Balaban J connectivity index is 2.55. The minimum absolute atomic E-state index is 0.0586. The van der Waals surface area contributed by atoms with E-state index in [-0.39, 0.29) is 25.8 Å². The van der Waals surface area contributed by atoms with Gasteiger partial charge in [-0.1, -0.05) is 0 Å². The molecule has 1 aliphatic rings. The highest BCUT2D eigenvalue weighted by atomic mass is 19.3. The van der Waals surface area contributed by atoms with Gasteiger partial charge < -0.3 is 51.7 Å². The molecule has 15 heteroatoms. The molecular formula is C17H29F2N3O10. The van der Waals surface area contributed by atoms with Crippen molar-refractivity contribution in [3.05, 3.63) is 0 Å². The lowest BCUT2D eigenvalue weighted by Crippen LogP contribution is -2.63. The molecule has 0 aromatic carbocycles. The maximum atomic E-state index is 14.5. The van der Waals surface area contributed by atoms with E-state index in [2.05, 4.69) is 10.1 Å². The van der Waals surface area contributed by atoms with Gasteiger partial charge in [0, 0.05) is 6.54 Å². The molecule has 2 unspecified atom stereocenters. The van der Waals surface area contributed by atoms with Gasteiger partial charge in [0.1, 0.15) is 30.5 Å². The number of halogens is 2. The number of carbonyl (C=O) groups excluding carboxylic acids is 2. The summed E-state index contributed by atoms with van der Waals surface area (Å²) in [5.41, 5.74) is 5.60. The van der Waals surface area contributed by atoms with Crippen molar-refractivity contribution in [1.82, 2.24) is 10.6 Å². The van der Waals surface area contributed by atoms with Gasteiger partial charge in [0.2, 0.25) is 5.91 Å². The number of alkyl halides is 2. The standard InChI is InChI=1S/C17H29F2N3O10/c1-7(14(28)29)22-13(27)8(20)4-2-3-5-21-15(30)16(18,19)17(31)12(26)10(25)11(32-17)9(24)6-23/h7-12,23-26,31H,2-6,20H2,1H3,(H,21,30)(H,22,27)(H,28,29)/t7-,8-,9+,10?,11+,12?,17+/m0/s1. The van der Waals surface area contributed by atoms with E-state index in [4.69, 9.17) is 15.9 Å². The molecule has 0 aliphatic carbocycles. The van der Waals surface area contributed by atoms with Crippen LogP contribution in [-0.4, -0.2) is 110 Å². The number of hydrogen-bond acceptors (Lipinski definition) is 10. The topological polar surface area (TPSA) is 232 Å². The molecule has 0 radical (unpaired) electrons. The number of aliphatic hydroxyl groups is 5. The van der Waals surface area contributed by atoms with Crippen LogP contribution in [0.15, 0.2) is 0 Å². The maximum absolute atomic E-state index is 14.5. The van der Waals surface area contributed by atoms with Crippen molar-refractivity contribution in [1.29, 1.82) is 0 Å². The van der Waals surface area contributed by atoms with Crippen LogP contribution in [0.2, 0.25) is 0 Å². The molecule has 0 saturated carbocycles. The second-order valence-electron chi connectivity index (χ2n) is 7.47. The summed E-state index contributed by atoms with van der Waals surface area (Å²) in [7, 11) is 0. The average molecular weight is 473 g/mol. The number of carbonyl (C=O) groups is 3. The van der Waals surface area contributed by atoms with Crippen LogP contribution in [0.4, 0.5) is 8.78 Å². The van der Waals surface area contributed by atoms with Crippen molar-refractivity contribution in [2.75, 3.05) is 13.2 Å².